The number of aromatic nitrogens is 4. The normalized spacial score (nSPS) is 10.8. The van der Waals surface area contributed by atoms with Crippen molar-refractivity contribution in [1.82, 2.24) is 25.1 Å². The molecule has 0 aliphatic heterocycles. The fourth-order valence-corrected chi connectivity index (χ4v) is 3.97. The van der Waals surface area contributed by atoms with Crippen molar-refractivity contribution in [3.05, 3.63) is 89.2 Å². The van der Waals surface area contributed by atoms with Crippen LogP contribution in [0.3, 0.4) is 0 Å². The van der Waals surface area contributed by atoms with Gasteiger partial charge in [0.15, 0.2) is 11.0 Å². The number of hydrogen-bond acceptors (Lipinski definition) is 5. The molecule has 0 unspecified atom stereocenters. The fourth-order valence-electron chi connectivity index (χ4n) is 3.07. The number of para-hydroxylation sites is 1. The average Bonchev–Trinajstić information content (AvgIpc) is 3.21. The van der Waals surface area contributed by atoms with Gasteiger partial charge in [-0.3, -0.25) is 14.3 Å². The molecule has 0 radical (unpaired) electrons. The van der Waals surface area contributed by atoms with Gasteiger partial charge in [0.25, 0.3) is 0 Å². The zero-order valence-corrected chi connectivity index (χ0v) is 18.4. The van der Waals surface area contributed by atoms with Crippen molar-refractivity contribution in [2.75, 3.05) is 5.75 Å². The highest BCUT2D eigenvalue weighted by Crippen LogP contribution is 2.30. The van der Waals surface area contributed by atoms with Gasteiger partial charge in [-0.15, -0.1) is 10.2 Å². The molecule has 0 saturated heterocycles. The minimum Gasteiger partial charge on any atom is -0.351 e. The summed E-state index contributed by atoms with van der Waals surface area (Å²) < 4.78 is 1.98. The van der Waals surface area contributed by atoms with Crippen molar-refractivity contribution in [3.8, 4) is 17.1 Å². The largest absolute Gasteiger partial charge is 0.351 e. The Morgan fingerprint density at radius 2 is 1.87 bits per heavy atom. The van der Waals surface area contributed by atoms with E-state index in [4.69, 9.17) is 11.6 Å². The minimum absolute atomic E-state index is 0.0822. The minimum atomic E-state index is -0.0822. The van der Waals surface area contributed by atoms with Gasteiger partial charge in [0, 0.05) is 29.5 Å². The topological polar surface area (TPSA) is 72.7 Å². The lowest BCUT2D eigenvalue weighted by atomic mass is 10.1. The van der Waals surface area contributed by atoms with Crippen LogP contribution < -0.4 is 5.32 Å². The van der Waals surface area contributed by atoms with E-state index in [1.165, 1.54) is 11.8 Å². The maximum Gasteiger partial charge on any atom is 0.230 e. The fraction of sp³-hybridized carbons (Fsp3) is 0.130. The highest BCUT2D eigenvalue weighted by Gasteiger charge is 2.18. The Morgan fingerprint density at radius 1 is 1.06 bits per heavy atom. The van der Waals surface area contributed by atoms with E-state index in [0.29, 0.717) is 22.5 Å². The van der Waals surface area contributed by atoms with Gasteiger partial charge < -0.3 is 5.32 Å². The van der Waals surface area contributed by atoms with E-state index in [1.54, 1.807) is 12.4 Å². The number of aryl methyl sites for hydroxylation is 1. The molecule has 0 fully saturated rings. The van der Waals surface area contributed by atoms with Gasteiger partial charge in [-0.2, -0.15) is 0 Å². The Labute approximate surface area is 189 Å². The summed E-state index contributed by atoms with van der Waals surface area (Å²) in [6.07, 6.45) is 3.44. The summed E-state index contributed by atoms with van der Waals surface area (Å²) in [5.41, 5.74) is 3.90. The lowest BCUT2D eigenvalue weighted by Gasteiger charge is -2.13. The average molecular weight is 450 g/mol. The molecule has 4 aromatic rings. The molecule has 0 spiro atoms. The first-order chi connectivity index (χ1) is 15.1. The highest BCUT2D eigenvalue weighted by atomic mass is 35.5. The molecule has 4 rings (SSSR count). The third-order valence-corrected chi connectivity index (χ3v) is 5.82. The van der Waals surface area contributed by atoms with Crippen molar-refractivity contribution < 1.29 is 4.79 Å². The second-order valence-electron chi connectivity index (χ2n) is 6.86. The standard InChI is InChI=1S/C23H20ClN5OS/c1-16-5-2-3-7-20(16)29-22(18-8-10-19(24)11-9-18)27-28-23(29)31-15-21(30)26-14-17-6-4-12-25-13-17/h2-13H,14-15H2,1H3,(H,26,30). The van der Waals surface area contributed by atoms with Crippen LogP contribution in [-0.2, 0) is 11.3 Å². The Bertz CT molecular complexity index is 1180. The van der Waals surface area contributed by atoms with Crippen LogP contribution in [0.2, 0.25) is 5.02 Å². The lowest BCUT2D eigenvalue weighted by Crippen LogP contribution is -2.24. The third-order valence-electron chi connectivity index (χ3n) is 4.64. The first-order valence-electron chi connectivity index (χ1n) is 9.67. The predicted molar refractivity (Wildman–Crippen MR) is 123 cm³/mol. The summed E-state index contributed by atoms with van der Waals surface area (Å²) in [5.74, 6) is 0.843. The van der Waals surface area contributed by atoms with Gasteiger partial charge in [0.1, 0.15) is 0 Å². The summed E-state index contributed by atoms with van der Waals surface area (Å²) in [4.78, 5) is 16.5. The predicted octanol–water partition coefficient (Wildman–Crippen LogP) is 4.70. The zero-order chi connectivity index (χ0) is 21.6. The molecule has 156 valence electrons. The summed E-state index contributed by atoms with van der Waals surface area (Å²) in [6.45, 7) is 2.48. The Balaban J connectivity index is 1.56. The molecule has 0 saturated carbocycles. The molecule has 0 bridgehead atoms. The number of hydrogen-bond donors (Lipinski definition) is 1. The number of nitrogens with zero attached hydrogens (tertiary/aromatic N) is 4. The highest BCUT2D eigenvalue weighted by molar-refractivity contribution is 7.99. The maximum atomic E-state index is 12.4. The number of amides is 1. The van der Waals surface area contributed by atoms with Crippen molar-refractivity contribution >= 4 is 29.3 Å². The summed E-state index contributed by atoms with van der Waals surface area (Å²) in [6, 6.07) is 19.3. The molecule has 8 heteroatoms. The van der Waals surface area contributed by atoms with E-state index in [9.17, 15) is 4.79 Å². The van der Waals surface area contributed by atoms with Crippen LogP contribution in [0, 0.1) is 6.92 Å². The van der Waals surface area contributed by atoms with Gasteiger partial charge in [-0.1, -0.05) is 47.6 Å². The van der Waals surface area contributed by atoms with E-state index >= 15 is 0 Å². The van der Waals surface area contributed by atoms with Crippen molar-refractivity contribution in [2.45, 2.75) is 18.6 Å². The molecule has 0 aliphatic rings. The second kappa shape index (κ2) is 9.76. The Hall–Kier alpha value is -3.16. The molecule has 31 heavy (non-hydrogen) atoms. The monoisotopic (exact) mass is 449 g/mol. The Morgan fingerprint density at radius 3 is 2.61 bits per heavy atom. The summed E-state index contributed by atoms with van der Waals surface area (Å²) >= 11 is 7.40. The molecule has 2 aromatic heterocycles. The molecule has 0 atom stereocenters. The van der Waals surface area contributed by atoms with E-state index in [1.807, 2.05) is 72.2 Å². The number of halogens is 1. The van der Waals surface area contributed by atoms with Gasteiger partial charge >= 0.3 is 0 Å². The molecule has 1 amide bonds. The Kier molecular flexibility index (Phi) is 6.64. The lowest BCUT2D eigenvalue weighted by molar-refractivity contribution is -0.118. The first kappa shape index (κ1) is 21.1. The van der Waals surface area contributed by atoms with Gasteiger partial charge in [-0.25, -0.2) is 0 Å². The smallest absolute Gasteiger partial charge is 0.230 e. The van der Waals surface area contributed by atoms with E-state index in [2.05, 4.69) is 20.5 Å². The number of nitrogens with one attached hydrogen (secondary N) is 1. The number of benzene rings is 2. The van der Waals surface area contributed by atoms with E-state index in [-0.39, 0.29) is 11.7 Å². The summed E-state index contributed by atoms with van der Waals surface area (Å²) in [7, 11) is 0. The quantitative estimate of drug-likeness (QED) is 0.414. The van der Waals surface area contributed by atoms with Gasteiger partial charge in [0.05, 0.1) is 11.4 Å². The third kappa shape index (κ3) is 5.13. The van der Waals surface area contributed by atoms with Crippen LogP contribution >= 0.6 is 23.4 Å². The molecule has 0 aliphatic carbocycles. The van der Waals surface area contributed by atoms with Crippen LogP contribution in [0.1, 0.15) is 11.1 Å². The van der Waals surface area contributed by atoms with Crippen LogP contribution in [0.15, 0.2) is 78.2 Å². The first-order valence-corrected chi connectivity index (χ1v) is 11.0. The van der Waals surface area contributed by atoms with E-state index in [0.717, 1.165) is 22.4 Å². The number of rotatable bonds is 7. The SMILES string of the molecule is Cc1ccccc1-n1c(SCC(=O)NCc2cccnc2)nnc1-c1ccc(Cl)cc1. The summed E-state index contributed by atoms with van der Waals surface area (Å²) in [5, 5.41) is 13.0. The van der Waals surface area contributed by atoms with Gasteiger partial charge in [0.2, 0.25) is 5.91 Å². The molecule has 2 aromatic carbocycles. The molecule has 6 nitrogen and oxygen atoms in total. The van der Waals surface area contributed by atoms with Crippen molar-refractivity contribution in [2.24, 2.45) is 0 Å². The molecule has 2 heterocycles. The number of pyridine rings is 1. The van der Waals surface area contributed by atoms with Gasteiger partial charge in [-0.05, 0) is 54.4 Å². The number of carbonyl (C=O) groups is 1. The second-order valence-corrected chi connectivity index (χ2v) is 8.24. The maximum absolute atomic E-state index is 12.4. The van der Waals surface area contributed by atoms with E-state index < -0.39 is 0 Å². The number of thioether (sulfide) groups is 1. The van der Waals surface area contributed by atoms with Crippen LogP contribution in [0.25, 0.3) is 17.1 Å². The van der Waals surface area contributed by atoms with Crippen molar-refractivity contribution in [3.63, 3.8) is 0 Å². The van der Waals surface area contributed by atoms with Crippen LogP contribution in [-0.4, -0.2) is 31.4 Å². The van der Waals surface area contributed by atoms with Crippen LogP contribution in [0.5, 0.6) is 0 Å². The molecular weight excluding hydrogens is 430 g/mol. The zero-order valence-electron chi connectivity index (χ0n) is 16.8. The molecule has 1 N–H and O–H groups in total. The number of carbonyl (C=O) groups excluding carboxylic acids is 1. The van der Waals surface area contributed by atoms with Crippen LogP contribution in [0.4, 0.5) is 0 Å². The van der Waals surface area contributed by atoms with Crippen molar-refractivity contribution in [1.29, 1.82) is 0 Å². The molecular formula is C23H20ClN5OS.